The smallest absolute Gasteiger partial charge is 0.161 e. The first-order valence-corrected chi connectivity index (χ1v) is 11.3. The van der Waals surface area contributed by atoms with Gasteiger partial charge in [0.15, 0.2) is 11.5 Å². The normalized spacial score (nSPS) is 11.5. The highest BCUT2D eigenvalue weighted by molar-refractivity contribution is 7.19. The Hall–Kier alpha value is -3.82. The lowest BCUT2D eigenvalue weighted by molar-refractivity contribution is 1.10. The molecule has 0 aliphatic carbocycles. The predicted molar refractivity (Wildman–Crippen MR) is 133 cm³/mol. The van der Waals surface area contributed by atoms with Gasteiger partial charge >= 0.3 is 0 Å². The number of nitrogens with zero attached hydrogens (tertiary/aromatic N) is 6. The summed E-state index contributed by atoms with van der Waals surface area (Å²) in [6.45, 7) is 0. The molecule has 6 aromatic heterocycles. The molecule has 6 heterocycles. The highest BCUT2D eigenvalue weighted by atomic mass is 35.5. The molecule has 0 saturated heterocycles. The molecule has 0 saturated carbocycles. The summed E-state index contributed by atoms with van der Waals surface area (Å²) >= 11 is 7.64. The molecule has 0 bridgehead atoms. The average molecular weight is 473 g/mol. The van der Waals surface area contributed by atoms with Crippen molar-refractivity contribution in [3.8, 4) is 33.2 Å². The van der Waals surface area contributed by atoms with E-state index < -0.39 is 0 Å². The van der Waals surface area contributed by atoms with E-state index in [0.717, 1.165) is 53.8 Å². The van der Waals surface area contributed by atoms with Gasteiger partial charge in [0.1, 0.15) is 11.0 Å². The second-order valence-corrected chi connectivity index (χ2v) is 9.48. The second-order valence-electron chi connectivity index (χ2n) is 7.76. The molecule has 0 aromatic carbocycles. The average Bonchev–Trinajstić information content (AvgIpc) is 3.55. The molecule has 0 spiro atoms. The first-order valence-electron chi connectivity index (χ1n) is 10.1. The van der Waals surface area contributed by atoms with Crippen LogP contribution in [0.4, 0.5) is 5.69 Å². The van der Waals surface area contributed by atoms with E-state index in [2.05, 4.69) is 31.2 Å². The van der Waals surface area contributed by atoms with Gasteiger partial charge in [-0.1, -0.05) is 11.6 Å². The summed E-state index contributed by atoms with van der Waals surface area (Å²) in [5.41, 5.74) is 7.52. The maximum absolute atomic E-state index is 6.15. The number of aromatic nitrogens is 7. The van der Waals surface area contributed by atoms with Gasteiger partial charge < -0.3 is 9.88 Å². The molecule has 0 aliphatic rings. The number of halogens is 1. The number of pyridine rings is 3. The van der Waals surface area contributed by atoms with E-state index in [4.69, 9.17) is 21.6 Å². The SMILES string of the molecule is CN(C)c1cncc(-c2ccc3[nH]nc(-c4nc5c(-c6ccc(Cl)s6)cncc5[nH]4)c3n2)c1. The van der Waals surface area contributed by atoms with Crippen molar-refractivity contribution in [3.63, 3.8) is 0 Å². The van der Waals surface area contributed by atoms with E-state index in [-0.39, 0.29) is 0 Å². The van der Waals surface area contributed by atoms with Crippen molar-refractivity contribution in [2.24, 2.45) is 0 Å². The van der Waals surface area contributed by atoms with Crippen molar-refractivity contribution in [1.29, 1.82) is 0 Å². The van der Waals surface area contributed by atoms with E-state index in [1.165, 1.54) is 11.3 Å². The molecule has 0 amide bonds. The Morgan fingerprint density at radius 3 is 2.61 bits per heavy atom. The van der Waals surface area contributed by atoms with Crippen LogP contribution < -0.4 is 4.90 Å². The summed E-state index contributed by atoms with van der Waals surface area (Å²) in [4.78, 5) is 24.9. The number of rotatable bonds is 4. The summed E-state index contributed by atoms with van der Waals surface area (Å²) in [6.07, 6.45) is 7.20. The van der Waals surface area contributed by atoms with Gasteiger partial charge in [0.25, 0.3) is 0 Å². The minimum atomic E-state index is 0.623. The predicted octanol–water partition coefficient (Wildman–Crippen LogP) is 5.41. The van der Waals surface area contributed by atoms with Crippen LogP contribution in [0.15, 0.2) is 55.1 Å². The fourth-order valence-electron chi connectivity index (χ4n) is 3.72. The van der Waals surface area contributed by atoms with Crippen molar-refractivity contribution >= 4 is 50.7 Å². The van der Waals surface area contributed by atoms with Crippen LogP contribution in [-0.2, 0) is 0 Å². The van der Waals surface area contributed by atoms with Gasteiger partial charge in [-0.05, 0) is 30.3 Å². The van der Waals surface area contributed by atoms with E-state index >= 15 is 0 Å². The fourth-order valence-corrected chi connectivity index (χ4v) is 4.78. The first-order chi connectivity index (χ1) is 16.1. The lowest BCUT2D eigenvalue weighted by Gasteiger charge is -2.12. The standard InChI is InChI=1S/C23H17ClN8S/c1-32(2)13-7-12(8-25-9-13)15-3-4-16-21(27-15)22(31-30-16)23-28-17-11-26-10-14(20(17)29-23)18-5-6-19(24)33-18/h3-11H,1-2H3,(H,28,29)(H,30,31). The van der Waals surface area contributed by atoms with Gasteiger partial charge in [0.2, 0.25) is 0 Å². The summed E-state index contributed by atoms with van der Waals surface area (Å²) in [5, 5.41) is 7.57. The lowest BCUT2D eigenvalue weighted by Crippen LogP contribution is -2.08. The summed E-state index contributed by atoms with van der Waals surface area (Å²) in [6, 6.07) is 9.85. The van der Waals surface area contributed by atoms with Crippen LogP contribution in [0.5, 0.6) is 0 Å². The third-order valence-electron chi connectivity index (χ3n) is 5.40. The zero-order valence-corrected chi connectivity index (χ0v) is 19.2. The fraction of sp³-hybridized carbons (Fsp3) is 0.0870. The van der Waals surface area contributed by atoms with Gasteiger partial charge in [0.05, 0.1) is 39.1 Å². The number of H-pyrrole nitrogens is 2. The minimum absolute atomic E-state index is 0.623. The Morgan fingerprint density at radius 1 is 0.909 bits per heavy atom. The third-order valence-corrected chi connectivity index (χ3v) is 6.67. The van der Waals surface area contributed by atoms with Gasteiger partial charge in [0, 0.05) is 42.5 Å². The molecule has 0 radical (unpaired) electrons. The largest absolute Gasteiger partial charge is 0.376 e. The van der Waals surface area contributed by atoms with Crippen molar-refractivity contribution in [3.05, 3.63) is 59.5 Å². The second kappa shape index (κ2) is 7.65. The summed E-state index contributed by atoms with van der Waals surface area (Å²) < 4.78 is 0.723. The molecule has 0 fully saturated rings. The van der Waals surface area contributed by atoms with Crippen molar-refractivity contribution in [2.75, 3.05) is 19.0 Å². The van der Waals surface area contributed by atoms with Crippen molar-refractivity contribution < 1.29 is 0 Å². The number of hydrogen-bond donors (Lipinski definition) is 2. The van der Waals surface area contributed by atoms with Crippen LogP contribution in [0.25, 0.3) is 55.3 Å². The zero-order valence-electron chi connectivity index (χ0n) is 17.7. The maximum atomic E-state index is 6.15. The zero-order chi connectivity index (χ0) is 22.5. The van der Waals surface area contributed by atoms with Crippen LogP contribution in [-0.4, -0.2) is 49.2 Å². The van der Waals surface area contributed by atoms with E-state index in [0.29, 0.717) is 11.5 Å². The first kappa shape index (κ1) is 19.8. The molecule has 0 aliphatic heterocycles. The van der Waals surface area contributed by atoms with Crippen molar-refractivity contribution in [1.82, 2.24) is 35.1 Å². The number of thiophene rings is 1. The van der Waals surface area contributed by atoms with Crippen LogP contribution in [0.2, 0.25) is 4.34 Å². The van der Waals surface area contributed by atoms with Crippen LogP contribution in [0, 0.1) is 0 Å². The molecule has 0 atom stereocenters. The Labute approximate surface area is 197 Å². The molecule has 6 aromatic rings. The highest BCUT2D eigenvalue weighted by Gasteiger charge is 2.18. The third kappa shape index (κ3) is 3.42. The number of imidazole rings is 1. The van der Waals surface area contributed by atoms with Crippen LogP contribution in [0.3, 0.4) is 0 Å². The Morgan fingerprint density at radius 2 is 1.79 bits per heavy atom. The topological polar surface area (TPSA) is 99.3 Å². The molecular weight excluding hydrogens is 456 g/mol. The van der Waals surface area contributed by atoms with E-state index in [1.807, 2.05) is 55.7 Å². The molecule has 0 unspecified atom stereocenters. The highest BCUT2D eigenvalue weighted by Crippen LogP contribution is 2.35. The van der Waals surface area contributed by atoms with Crippen molar-refractivity contribution in [2.45, 2.75) is 0 Å². The molecule has 10 heteroatoms. The van der Waals surface area contributed by atoms with E-state index in [1.54, 1.807) is 12.4 Å². The van der Waals surface area contributed by atoms with Gasteiger partial charge in [-0.3, -0.25) is 15.1 Å². The molecule has 6 rings (SSSR count). The minimum Gasteiger partial charge on any atom is -0.376 e. The van der Waals surface area contributed by atoms with Crippen LogP contribution >= 0.6 is 22.9 Å². The lowest BCUT2D eigenvalue weighted by atomic mass is 10.1. The number of aromatic amines is 2. The molecular formula is C23H17ClN8S. The van der Waals surface area contributed by atoms with Gasteiger partial charge in [-0.25, -0.2) is 9.97 Å². The number of nitrogens with one attached hydrogen (secondary N) is 2. The number of anilines is 1. The molecule has 2 N–H and O–H groups in total. The Balaban J connectivity index is 1.48. The van der Waals surface area contributed by atoms with Crippen LogP contribution in [0.1, 0.15) is 0 Å². The molecule has 33 heavy (non-hydrogen) atoms. The molecule has 8 nitrogen and oxygen atoms in total. The summed E-state index contributed by atoms with van der Waals surface area (Å²) in [5.74, 6) is 0.623. The van der Waals surface area contributed by atoms with Gasteiger partial charge in [-0.2, -0.15) is 5.10 Å². The van der Waals surface area contributed by atoms with Gasteiger partial charge in [-0.15, -0.1) is 11.3 Å². The Bertz CT molecular complexity index is 1630. The van der Waals surface area contributed by atoms with E-state index in [9.17, 15) is 0 Å². The maximum Gasteiger partial charge on any atom is 0.161 e. The molecule has 162 valence electrons. The number of hydrogen-bond acceptors (Lipinski definition) is 7. The monoisotopic (exact) mass is 472 g/mol. The number of fused-ring (bicyclic) bond motifs is 2. The summed E-state index contributed by atoms with van der Waals surface area (Å²) in [7, 11) is 3.97. The quantitative estimate of drug-likeness (QED) is 0.356. The Kier molecular flexibility index (Phi) is 4.60.